The molecule has 0 aliphatic carbocycles. The van der Waals surface area contributed by atoms with Gasteiger partial charge in [-0.1, -0.05) is 12.1 Å². The summed E-state index contributed by atoms with van der Waals surface area (Å²) in [7, 11) is 1.67. The molecule has 1 amide bonds. The van der Waals surface area contributed by atoms with Crippen LogP contribution in [0.4, 0.5) is 23.0 Å². The van der Waals surface area contributed by atoms with Crippen molar-refractivity contribution in [1.29, 1.82) is 0 Å². The van der Waals surface area contributed by atoms with Crippen LogP contribution in [0.2, 0.25) is 0 Å². The number of rotatable bonds is 8. The Morgan fingerprint density at radius 2 is 1.75 bits per heavy atom. The van der Waals surface area contributed by atoms with Gasteiger partial charge in [0.2, 0.25) is 5.91 Å². The van der Waals surface area contributed by atoms with Crippen molar-refractivity contribution in [3.05, 3.63) is 66.5 Å². The molecule has 1 heterocycles. The molecule has 2 aromatic carbocycles. The molecule has 0 radical (unpaired) electrons. The van der Waals surface area contributed by atoms with E-state index in [2.05, 4.69) is 32.0 Å². The summed E-state index contributed by atoms with van der Waals surface area (Å²) in [5, 5.41) is 9.27. The fourth-order valence-electron chi connectivity index (χ4n) is 2.67. The first-order chi connectivity index (χ1) is 13.6. The van der Waals surface area contributed by atoms with Crippen LogP contribution >= 0.6 is 0 Å². The summed E-state index contributed by atoms with van der Waals surface area (Å²) in [6, 6.07) is 17.3. The zero-order chi connectivity index (χ0) is 19.8. The van der Waals surface area contributed by atoms with Crippen LogP contribution in [0.3, 0.4) is 0 Å². The minimum absolute atomic E-state index is 0.0961. The number of nitrogens with zero attached hydrogens (tertiary/aromatic N) is 2. The SMILES string of the molecule is COc1cccc(CCNc2cc(Nc3ccc(NC(C)=O)cc3)ncn2)c1. The minimum atomic E-state index is -0.0961. The van der Waals surface area contributed by atoms with Gasteiger partial charge in [-0.05, 0) is 48.4 Å². The molecule has 0 bridgehead atoms. The number of carbonyl (C=O) groups is 1. The Kier molecular flexibility index (Phi) is 6.41. The Balaban J connectivity index is 1.55. The largest absolute Gasteiger partial charge is 0.497 e. The zero-order valence-corrected chi connectivity index (χ0v) is 15.9. The van der Waals surface area contributed by atoms with Gasteiger partial charge in [0, 0.05) is 30.9 Å². The average Bonchev–Trinajstić information content (AvgIpc) is 2.70. The van der Waals surface area contributed by atoms with Crippen LogP contribution in [-0.2, 0) is 11.2 Å². The molecule has 1 aromatic heterocycles. The van der Waals surface area contributed by atoms with Gasteiger partial charge in [0.05, 0.1) is 7.11 Å². The second kappa shape index (κ2) is 9.36. The lowest BCUT2D eigenvalue weighted by Gasteiger charge is -2.10. The van der Waals surface area contributed by atoms with Crippen molar-refractivity contribution < 1.29 is 9.53 Å². The summed E-state index contributed by atoms with van der Waals surface area (Å²) >= 11 is 0. The third-order valence-corrected chi connectivity index (χ3v) is 4.00. The van der Waals surface area contributed by atoms with Crippen molar-refractivity contribution in [2.75, 3.05) is 29.6 Å². The van der Waals surface area contributed by atoms with Gasteiger partial charge in [-0.25, -0.2) is 9.97 Å². The third kappa shape index (κ3) is 5.70. The molecular formula is C21H23N5O2. The molecule has 7 nitrogen and oxygen atoms in total. The molecule has 0 unspecified atom stereocenters. The molecule has 7 heteroatoms. The van der Waals surface area contributed by atoms with Crippen LogP contribution in [0.25, 0.3) is 0 Å². The highest BCUT2D eigenvalue weighted by molar-refractivity contribution is 5.88. The van der Waals surface area contributed by atoms with E-state index in [1.807, 2.05) is 48.5 Å². The third-order valence-electron chi connectivity index (χ3n) is 4.00. The summed E-state index contributed by atoms with van der Waals surface area (Å²) in [5.41, 5.74) is 2.81. The molecule has 0 aliphatic rings. The van der Waals surface area contributed by atoms with Crippen molar-refractivity contribution in [1.82, 2.24) is 9.97 Å². The maximum Gasteiger partial charge on any atom is 0.221 e. The van der Waals surface area contributed by atoms with Crippen LogP contribution in [-0.4, -0.2) is 29.5 Å². The van der Waals surface area contributed by atoms with Crippen molar-refractivity contribution >= 4 is 28.9 Å². The Morgan fingerprint density at radius 1 is 1.00 bits per heavy atom. The van der Waals surface area contributed by atoms with E-state index in [4.69, 9.17) is 4.74 Å². The van der Waals surface area contributed by atoms with Gasteiger partial charge >= 0.3 is 0 Å². The van der Waals surface area contributed by atoms with E-state index in [1.165, 1.54) is 18.8 Å². The van der Waals surface area contributed by atoms with E-state index in [0.717, 1.165) is 35.9 Å². The average molecular weight is 377 g/mol. The van der Waals surface area contributed by atoms with Gasteiger partial charge in [-0.3, -0.25) is 4.79 Å². The summed E-state index contributed by atoms with van der Waals surface area (Å²) in [6.07, 6.45) is 2.37. The molecule has 3 aromatic rings. The van der Waals surface area contributed by atoms with E-state index in [9.17, 15) is 4.79 Å². The maximum absolute atomic E-state index is 11.1. The van der Waals surface area contributed by atoms with E-state index < -0.39 is 0 Å². The van der Waals surface area contributed by atoms with Gasteiger partial charge in [-0.2, -0.15) is 0 Å². The van der Waals surface area contributed by atoms with Crippen LogP contribution < -0.4 is 20.7 Å². The number of benzene rings is 2. The molecule has 0 atom stereocenters. The number of methoxy groups -OCH3 is 1. The van der Waals surface area contributed by atoms with Crippen LogP contribution in [0.15, 0.2) is 60.9 Å². The highest BCUT2D eigenvalue weighted by Crippen LogP contribution is 2.19. The van der Waals surface area contributed by atoms with E-state index in [0.29, 0.717) is 5.82 Å². The first-order valence-electron chi connectivity index (χ1n) is 8.96. The number of carbonyl (C=O) groups excluding carboxylic acids is 1. The number of aromatic nitrogens is 2. The van der Waals surface area contributed by atoms with Gasteiger partial charge < -0.3 is 20.7 Å². The molecule has 0 spiro atoms. The monoisotopic (exact) mass is 377 g/mol. The zero-order valence-electron chi connectivity index (χ0n) is 15.9. The van der Waals surface area contributed by atoms with Crippen molar-refractivity contribution in [3.8, 4) is 5.75 Å². The fourth-order valence-corrected chi connectivity index (χ4v) is 2.67. The number of anilines is 4. The first kappa shape index (κ1) is 19.2. The van der Waals surface area contributed by atoms with Gasteiger partial charge in [0.25, 0.3) is 0 Å². The minimum Gasteiger partial charge on any atom is -0.497 e. The van der Waals surface area contributed by atoms with Crippen molar-refractivity contribution in [2.45, 2.75) is 13.3 Å². The Morgan fingerprint density at radius 3 is 2.50 bits per heavy atom. The lowest BCUT2D eigenvalue weighted by molar-refractivity contribution is -0.114. The highest BCUT2D eigenvalue weighted by Gasteiger charge is 2.02. The molecule has 144 valence electrons. The van der Waals surface area contributed by atoms with Crippen LogP contribution in [0.5, 0.6) is 5.75 Å². The molecule has 0 saturated carbocycles. The molecule has 0 fully saturated rings. The summed E-state index contributed by atoms with van der Waals surface area (Å²) in [5.74, 6) is 2.19. The Labute approximate surface area is 164 Å². The quantitative estimate of drug-likeness (QED) is 0.553. The highest BCUT2D eigenvalue weighted by atomic mass is 16.5. The van der Waals surface area contributed by atoms with E-state index in [1.54, 1.807) is 7.11 Å². The second-order valence-electron chi connectivity index (χ2n) is 6.20. The Hall–Kier alpha value is -3.61. The first-order valence-corrected chi connectivity index (χ1v) is 8.96. The predicted octanol–water partition coefficient (Wildman–Crippen LogP) is 3.84. The molecule has 3 N–H and O–H groups in total. The summed E-state index contributed by atoms with van der Waals surface area (Å²) in [4.78, 5) is 19.6. The van der Waals surface area contributed by atoms with E-state index in [-0.39, 0.29) is 5.91 Å². The lowest BCUT2D eigenvalue weighted by Crippen LogP contribution is -2.07. The molecular weight excluding hydrogens is 354 g/mol. The lowest BCUT2D eigenvalue weighted by atomic mass is 10.1. The van der Waals surface area contributed by atoms with Crippen LogP contribution in [0, 0.1) is 0 Å². The topological polar surface area (TPSA) is 88.2 Å². The number of hydrogen-bond donors (Lipinski definition) is 3. The number of ether oxygens (including phenoxy) is 1. The summed E-state index contributed by atoms with van der Waals surface area (Å²) in [6.45, 7) is 2.23. The van der Waals surface area contributed by atoms with E-state index >= 15 is 0 Å². The van der Waals surface area contributed by atoms with Gasteiger partial charge in [-0.15, -0.1) is 0 Å². The number of amides is 1. The van der Waals surface area contributed by atoms with Crippen molar-refractivity contribution in [2.24, 2.45) is 0 Å². The van der Waals surface area contributed by atoms with Gasteiger partial charge in [0.1, 0.15) is 23.7 Å². The van der Waals surface area contributed by atoms with Gasteiger partial charge in [0.15, 0.2) is 0 Å². The second-order valence-corrected chi connectivity index (χ2v) is 6.20. The smallest absolute Gasteiger partial charge is 0.221 e. The van der Waals surface area contributed by atoms with Crippen molar-refractivity contribution in [3.63, 3.8) is 0 Å². The Bertz CT molecular complexity index is 928. The number of nitrogens with one attached hydrogen (secondary N) is 3. The fraction of sp³-hybridized carbons (Fsp3) is 0.190. The maximum atomic E-state index is 11.1. The molecule has 28 heavy (non-hydrogen) atoms. The molecule has 3 rings (SSSR count). The summed E-state index contributed by atoms with van der Waals surface area (Å²) < 4.78 is 5.25. The normalized spacial score (nSPS) is 10.2. The molecule has 0 saturated heterocycles. The molecule has 0 aliphatic heterocycles. The predicted molar refractivity (Wildman–Crippen MR) is 111 cm³/mol. The van der Waals surface area contributed by atoms with Crippen LogP contribution in [0.1, 0.15) is 12.5 Å². The number of hydrogen-bond acceptors (Lipinski definition) is 6. The standard InChI is InChI=1S/C21H23N5O2/c1-15(27)25-17-6-8-18(9-7-17)26-21-13-20(23-14-24-21)22-11-10-16-4-3-5-19(12-16)28-2/h3-9,12-14H,10-11H2,1-2H3,(H,25,27)(H2,22,23,24,26).